The van der Waals surface area contributed by atoms with Gasteiger partial charge in [0.05, 0.1) is 7.11 Å². The minimum atomic E-state index is 0.132. The van der Waals surface area contributed by atoms with Gasteiger partial charge in [0.2, 0.25) is 5.91 Å². The highest BCUT2D eigenvalue weighted by atomic mass is 16.5. The summed E-state index contributed by atoms with van der Waals surface area (Å²) in [6, 6.07) is 5.65. The minimum absolute atomic E-state index is 0.132. The van der Waals surface area contributed by atoms with Gasteiger partial charge >= 0.3 is 0 Å². The molecule has 5 nitrogen and oxygen atoms in total. The number of piperidine rings is 1. The van der Waals surface area contributed by atoms with E-state index in [0.717, 1.165) is 38.0 Å². The minimum Gasteiger partial charge on any atom is -0.504 e. The maximum absolute atomic E-state index is 12.0. The molecule has 0 aliphatic carbocycles. The molecule has 0 saturated carbocycles. The van der Waals surface area contributed by atoms with Crippen LogP contribution < -0.4 is 10.1 Å². The molecule has 1 aromatic carbocycles. The molecule has 1 aliphatic rings. The van der Waals surface area contributed by atoms with Crippen molar-refractivity contribution in [1.82, 2.24) is 10.2 Å². The molecule has 0 unspecified atom stereocenters. The second kappa shape index (κ2) is 7.49. The molecular formula is C17H26N2O3. The maximum atomic E-state index is 12.0. The number of likely N-dealkylation sites (tertiary alicyclic amines) is 1. The number of aromatic hydroxyl groups is 1. The maximum Gasteiger partial charge on any atom is 0.223 e. The molecule has 122 valence electrons. The molecule has 1 heterocycles. The fraction of sp³-hybridized carbons (Fsp3) is 0.588. The number of hydrogen-bond donors (Lipinski definition) is 2. The summed E-state index contributed by atoms with van der Waals surface area (Å²) in [7, 11) is 1.55. The third kappa shape index (κ3) is 4.37. The number of benzene rings is 1. The summed E-state index contributed by atoms with van der Waals surface area (Å²) in [6.07, 6.45) is 1.79. The number of hydrogen-bond acceptors (Lipinski definition) is 4. The van der Waals surface area contributed by atoms with Crippen molar-refractivity contribution >= 4 is 5.91 Å². The number of ether oxygens (including phenoxy) is 1. The van der Waals surface area contributed by atoms with Crippen LogP contribution in [0.1, 0.15) is 32.3 Å². The van der Waals surface area contributed by atoms with Crippen molar-refractivity contribution < 1.29 is 14.6 Å². The fourth-order valence-corrected chi connectivity index (χ4v) is 2.83. The van der Waals surface area contributed by atoms with Crippen LogP contribution >= 0.6 is 0 Å². The molecule has 0 atom stereocenters. The Kier molecular flexibility index (Phi) is 5.66. The van der Waals surface area contributed by atoms with Crippen molar-refractivity contribution in [3.63, 3.8) is 0 Å². The van der Waals surface area contributed by atoms with Gasteiger partial charge in [0.15, 0.2) is 11.5 Å². The van der Waals surface area contributed by atoms with Crippen LogP contribution in [0.25, 0.3) is 0 Å². The van der Waals surface area contributed by atoms with E-state index in [9.17, 15) is 9.90 Å². The summed E-state index contributed by atoms with van der Waals surface area (Å²) >= 11 is 0. The lowest BCUT2D eigenvalue weighted by Gasteiger charge is -2.31. The molecule has 1 fully saturated rings. The van der Waals surface area contributed by atoms with Gasteiger partial charge in [0, 0.05) is 18.5 Å². The first-order chi connectivity index (χ1) is 10.5. The van der Waals surface area contributed by atoms with E-state index >= 15 is 0 Å². The van der Waals surface area contributed by atoms with Crippen LogP contribution in [0, 0.1) is 5.92 Å². The molecule has 0 spiro atoms. The van der Waals surface area contributed by atoms with E-state index in [-0.39, 0.29) is 23.6 Å². The van der Waals surface area contributed by atoms with Crippen LogP contribution in [-0.4, -0.2) is 42.2 Å². The van der Waals surface area contributed by atoms with E-state index in [2.05, 4.69) is 10.2 Å². The first-order valence-electron chi connectivity index (χ1n) is 7.88. The highest BCUT2D eigenvalue weighted by molar-refractivity contribution is 5.78. The lowest BCUT2D eigenvalue weighted by atomic mass is 9.95. The second-order valence-electron chi connectivity index (χ2n) is 6.22. The molecule has 5 heteroatoms. The molecule has 1 amide bonds. The summed E-state index contributed by atoms with van der Waals surface area (Å²) in [4.78, 5) is 14.4. The Bertz CT molecular complexity index is 509. The van der Waals surface area contributed by atoms with E-state index in [1.165, 1.54) is 0 Å². The first kappa shape index (κ1) is 16.6. The van der Waals surface area contributed by atoms with Gasteiger partial charge in [-0.2, -0.15) is 0 Å². The van der Waals surface area contributed by atoms with Gasteiger partial charge in [-0.25, -0.2) is 0 Å². The summed E-state index contributed by atoms with van der Waals surface area (Å²) in [5.74, 6) is 0.980. The molecular weight excluding hydrogens is 280 g/mol. The van der Waals surface area contributed by atoms with Crippen molar-refractivity contribution in [2.45, 2.75) is 39.3 Å². The Morgan fingerprint density at radius 1 is 1.41 bits per heavy atom. The van der Waals surface area contributed by atoms with Gasteiger partial charge in [-0.05, 0) is 57.5 Å². The Hall–Kier alpha value is -1.75. The molecule has 2 N–H and O–H groups in total. The van der Waals surface area contributed by atoms with E-state index in [0.29, 0.717) is 5.75 Å². The van der Waals surface area contributed by atoms with Crippen LogP contribution in [0.15, 0.2) is 18.2 Å². The predicted octanol–water partition coefficient (Wildman–Crippen LogP) is 2.14. The molecule has 0 aromatic heterocycles. The summed E-state index contributed by atoms with van der Waals surface area (Å²) < 4.78 is 5.14. The van der Waals surface area contributed by atoms with Crippen LogP contribution in [0.2, 0.25) is 0 Å². The third-order valence-electron chi connectivity index (χ3n) is 4.04. The number of methoxy groups -OCH3 is 1. The Labute approximate surface area is 132 Å². The van der Waals surface area contributed by atoms with E-state index in [1.54, 1.807) is 13.2 Å². The van der Waals surface area contributed by atoms with Gasteiger partial charge < -0.3 is 15.2 Å². The van der Waals surface area contributed by atoms with E-state index in [4.69, 9.17) is 4.74 Å². The van der Waals surface area contributed by atoms with Gasteiger partial charge in [-0.3, -0.25) is 9.69 Å². The highest BCUT2D eigenvalue weighted by Crippen LogP contribution is 2.27. The van der Waals surface area contributed by atoms with Gasteiger partial charge in [0.1, 0.15) is 0 Å². The van der Waals surface area contributed by atoms with Crippen molar-refractivity contribution in [2.75, 3.05) is 20.2 Å². The Morgan fingerprint density at radius 2 is 2.09 bits per heavy atom. The molecule has 1 aliphatic heterocycles. The SMILES string of the molecule is COc1cc(CN2CCC(C(=O)NC(C)C)CC2)ccc1O. The summed E-state index contributed by atoms with van der Waals surface area (Å²) in [6.45, 7) is 6.63. The monoisotopic (exact) mass is 306 g/mol. The predicted molar refractivity (Wildman–Crippen MR) is 85.9 cm³/mol. The summed E-state index contributed by atoms with van der Waals surface area (Å²) in [5.41, 5.74) is 1.11. The van der Waals surface area contributed by atoms with Gasteiger partial charge in [-0.1, -0.05) is 6.07 Å². The normalized spacial score (nSPS) is 16.7. The number of carbonyl (C=O) groups excluding carboxylic acids is 1. The number of phenols is 1. The van der Waals surface area contributed by atoms with Crippen LogP contribution in [0.4, 0.5) is 0 Å². The average Bonchev–Trinajstić information content (AvgIpc) is 2.49. The standard InChI is InChI=1S/C17H26N2O3/c1-12(2)18-17(21)14-6-8-19(9-7-14)11-13-4-5-15(20)16(10-13)22-3/h4-5,10,12,14,20H,6-9,11H2,1-3H3,(H,18,21). The second-order valence-corrected chi connectivity index (χ2v) is 6.22. The first-order valence-corrected chi connectivity index (χ1v) is 7.88. The molecule has 22 heavy (non-hydrogen) atoms. The zero-order valence-corrected chi connectivity index (χ0v) is 13.6. The highest BCUT2D eigenvalue weighted by Gasteiger charge is 2.25. The number of amides is 1. The largest absolute Gasteiger partial charge is 0.504 e. The number of nitrogens with zero attached hydrogens (tertiary/aromatic N) is 1. The molecule has 0 bridgehead atoms. The lowest BCUT2D eigenvalue weighted by molar-refractivity contribution is -0.127. The Morgan fingerprint density at radius 3 is 2.68 bits per heavy atom. The van der Waals surface area contributed by atoms with Crippen molar-refractivity contribution in [2.24, 2.45) is 5.92 Å². The third-order valence-corrected chi connectivity index (χ3v) is 4.04. The van der Waals surface area contributed by atoms with Gasteiger partial charge in [0.25, 0.3) is 0 Å². The fourth-order valence-electron chi connectivity index (χ4n) is 2.83. The van der Waals surface area contributed by atoms with E-state index < -0.39 is 0 Å². The smallest absolute Gasteiger partial charge is 0.223 e. The molecule has 0 radical (unpaired) electrons. The topological polar surface area (TPSA) is 61.8 Å². The van der Waals surface area contributed by atoms with E-state index in [1.807, 2.05) is 26.0 Å². The number of phenolic OH excluding ortho intramolecular Hbond substituents is 1. The Balaban J connectivity index is 1.86. The summed E-state index contributed by atoms with van der Waals surface area (Å²) in [5, 5.41) is 12.6. The van der Waals surface area contributed by atoms with Crippen molar-refractivity contribution in [3.8, 4) is 11.5 Å². The lowest BCUT2D eigenvalue weighted by Crippen LogP contribution is -2.42. The van der Waals surface area contributed by atoms with Crippen molar-refractivity contribution in [3.05, 3.63) is 23.8 Å². The van der Waals surface area contributed by atoms with Gasteiger partial charge in [-0.15, -0.1) is 0 Å². The number of rotatable bonds is 5. The quantitative estimate of drug-likeness (QED) is 0.875. The number of nitrogens with one attached hydrogen (secondary N) is 1. The zero-order chi connectivity index (χ0) is 16.1. The molecule has 2 rings (SSSR count). The number of carbonyl (C=O) groups is 1. The van der Waals surface area contributed by atoms with Crippen molar-refractivity contribution in [1.29, 1.82) is 0 Å². The molecule has 1 aromatic rings. The van der Waals surface area contributed by atoms with Crippen LogP contribution in [0.5, 0.6) is 11.5 Å². The van der Waals surface area contributed by atoms with Crippen LogP contribution in [-0.2, 0) is 11.3 Å². The average molecular weight is 306 g/mol. The zero-order valence-electron chi connectivity index (χ0n) is 13.6. The molecule has 1 saturated heterocycles. The van der Waals surface area contributed by atoms with Crippen LogP contribution in [0.3, 0.4) is 0 Å².